The van der Waals surface area contributed by atoms with Crippen molar-refractivity contribution in [3.05, 3.63) is 41.0 Å². The molecule has 0 saturated carbocycles. The van der Waals surface area contributed by atoms with Gasteiger partial charge < -0.3 is 5.32 Å². The van der Waals surface area contributed by atoms with E-state index in [0.717, 1.165) is 12.2 Å². The number of hydrogen-bond acceptors (Lipinski definition) is 5. The van der Waals surface area contributed by atoms with Crippen LogP contribution >= 0.6 is 11.5 Å². The number of hydrogen-bond donors (Lipinski definition) is 1. The minimum absolute atomic E-state index is 0.289. The lowest BCUT2D eigenvalue weighted by atomic mass is 10.1. The first-order valence-corrected chi connectivity index (χ1v) is 7.11. The molecule has 0 aliphatic rings. The molecule has 0 spiro atoms. The Morgan fingerprint density at radius 1 is 1.45 bits per heavy atom. The minimum atomic E-state index is -0.330. The maximum Gasteiger partial charge on any atom is 0.202 e. The predicted molar refractivity (Wildman–Crippen MR) is 76.9 cm³/mol. The van der Waals surface area contributed by atoms with E-state index in [1.807, 2.05) is 6.07 Å². The number of anilines is 1. The van der Waals surface area contributed by atoms with Crippen molar-refractivity contribution in [2.75, 3.05) is 5.32 Å². The number of nitrogens with one attached hydrogen (secondary N) is 1. The lowest BCUT2D eigenvalue weighted by Crippen LogP contribution is -2.02. The Labute approximate surface area is 121 Å². The SMILES string of the molecule is CC(C)Cc1nsc(NCc2cc(C#N)ccc2F)n1. The monoisotopic (exact) mass is 290 g/mol. The van der Waals surface area contributed by atoms with E-state index in [-0.39, 0.29) is 12.4 Å². The molecule has 0 amide bonds. The molecule has 104 valence electrons. The summed E-state index contributed by atoms with van der Waals surface area (Å²) >= 11 is 1.27. The first kappa shape index (κ1) is 14.4. The van der Waals surface area contributed by atoms with Crippen LogP contribution in [0.4, 0.5) is 9.52 Å². The van der Waals surface area contributed by atoms with Gasteiger partial charge in [-0.3, -0.25) is 0 Å². The van der Waals surface area contributed by atoms with Gasteiger partial charge in [0.05, 0.1) is 11.6 Å². The van der Waals surface area contributed by atoms with Gasteiger partial charge in [0.2, 0.25) is 5.13 Å². The highest BCUT2D eigenvalue weighted by atomic mass is 32.1. The van der Waals surface area contributed by atoms with Crippen LogP contribution in [0.15, 0.2) is 18.2 Å². The maximum atomic E-state index is 13.6. The molecule has 0 fully saturated rings. The molecule has 6 heteroatoms. The molecule has 0 bridgehead atoms. The van der Waals surface area contributed by atoms with Crippen molar-refractivity contribution in [1.29, 1.82) is 5.26 Å². The summed E-state index contributed by atoms with van der Waals surface area (Å²) in [4.78, 5) is 4.35. The standard InChI is InChI=1S/C14H15FN4S/c1-9(2)5-13-18-14(20-19-13)17-8-11-6-10(7-16)3-4-12(11)15/h3-4,6,9H,5,8H2,1-2H3,(H,17,18,19). The van der Waals surface area contributed by atoms with Crippen LogP contribution < -0.4 is 5.32 Å². The lowest BCUT2D eigenvalue weighted by Gasteiger charge is -2.04. The maximum absolute atomic E-state index is 13.6. The van der Waals surface area contributed by atoms with Crippen LogP contribution in [0.1, 0.15) is 30.8 Å². The Morgan fingerprint density at radius 2 is 2.25 bits per heavy atom. The fraction of sp³-hybridized carbons (Fsp3) is 0.357. The summed E-state index contributed by atoms with van der Waals surface area (Å²) in [5, 5.41) is 12.5. The van der Waals surface area contributed by atoms with Gasteiger partial charge in [0, 0.05) is 30.1 Å². The zero-order chi connectivity index (χ0) is 14.5. The van der Waals surface area contributed by atoms with Crippen LogP contribution in [0.25, 0.3) is 0 Å². The first-order chi connectivity index (χ1) is 9.58. The Kier molecular flexibility index (Phi) is 4.64. The number of rotatable bonds is 5. The molecule has 2 rings (SSSR count). The van der Waals surface area contributed by atoms with Crippen molar-refractivity contribution in [2.45, 2.75) is 26.8 Å². The Morgan fingerprint density at radius 3 is 2.95 bits per heavy atom. The van der Waals surface area contributed by atoms with E-state index in [1.54, 1.807) is 6.07 Å². The Hall–Kier alpha value is -2.00. The molecule has 20 heavy (non-hydrogen) atoms. The summed E-state index contributed by atoms with van der Waals surface area (Å²) in [5.74, 6) is 0.976. The van der Waals surface area contributed by atoms with E-state index >= 15 is 0 Å². The lowest BCUT2D eigenvalue weighted by molar-refractivity contribution is 0.612. The summed E-state index contributed by atoms with van der Waals surface area (Å²) in [6.07, 6.45) is 0.830. The molecule has 4 nitrogen and oxygen atoms in total. The first-order valence-electron chi connectivity index (χ1n) is 6.33. The van der Waals surface area contributed by atoms with Gasteiger partial charge in [0.15, 0.2) is 0 Å². The van der Waals surface area contributed by atoms with Crippen LogP contribution in [0.3, 0.4) is 0 Å². The van der Waals surface area contributed by atoms with Crippen molar-refractivity contribution in [1.82, 2.24) is 9.36 Å². The summed E-state index contributed by atoms with van der Waals surface area (Å²) in [5.41, 5.74) is 0.894. The number of benzene rings is 1. The van der Waals surface area contributed by atoms with Crippen LogP contribution in [0.2, 0.25) is 0 Å². The highest BCUT2D eigenvalue weighted by Gasteiger charge is 2.08. The molecule has 0 saturated heterocycles. The average molecular weight is 290 g/mol. The highest BCUT2D eigenvalue weighted by molar-refractivity contribution is 7.09. The molecular weight excluding hydrogens is 275 g/mol. The van der Waals surface area contributed by atoms with Gasteiger partial charge in [-0.05, 0) is 24.1 Å². The molecule has 0 unspecified atom stereocenters. The molecule has 1 aromatic carbocycles. The van der Waals surface area contributed by atoms with Crippen molar-refractivity contribution in [2.24, 2.45) is 5.92 Å². The molecule has 1 heterocycles. The highest BCUT2D eigenvalue weighted by Crippen LogP contribution is 2.16. The second-order valence-corrected chi connectivity index (χ2v) is 5.64. The summed E-state index contributed by atoms with van der Waals surface area (Å²) < 4.78 is 17.9. The molecular formula is C14H15FN4S. The van der Waals surface area contributed by atoms with E-state index in [2.05, 4.69) is 28.5 Å². The number of nitrogens with zero attached hydrogens (tertiary/aromatic N) is 3. The second kappa shape index (κ2) is 6.44. The molecule has 0 radical (unpaired) electrons. The quantitative estimate of drug-likeness (QED) is 0.917. The second-order valence-electron chi connectivity index (χ2n) is 4.89. The van der Waals surface area contributed by atoms with Gasteiger partial charge in [-0.25, -0.2) is 9.37 Å². The van der Waals surface area contributed by atoms with Crippen molar-refractivity contribution >= 4 is 16.7 Å². The molecule has 0 atom stereocenters. The number of halogens is 1. The summed E-state index contributed by atoms with van der Waals surface area (Å²) in [6.45, 7) is 4.51. The molecule has 2 aromatic rings. The topological polar surface area (TPSA) is 61.6 Å². The zero-order valence-electron chi connectivity index (χ0n) is 11.4. The fourth-order valence-corrected chi connectivity index (χ4v) is 2.31. The smallest absolute Gasteiger partial charge is 0.202 e. The van der Waals surface area contributed by atoms with Gasteiger partial charge in [-0.1, -0.05) is 13.8 Å². The Balaban J connectivity index is 2.02. The Bertz CT molecular complexity index is 630. The van der Waals surface area contributed by atoms with Gasteiger partial charge in [-0.15, -0.1) is 0 Å². The number of aromatic nitrogens is 2. The normalized spacial score (nSPS) is 10.6. The van der Waals surface area contributed by atoms with E-state index in [9.17, 15) is 4.39 Å². The fourth-order valence-electron chi connectivity index (χ4n) is 1.72. The molecule has 1 N–H and O–H groups in total. The third-order valence-corrected chi connectivity index (χ3v) is 3.37. The van der Waals surface area contributed by atoms with Gasteiger partial charge in [0.25, 0.3) is 0 Å². The largest absolute Gasteiger partial charge is 0.356 e. The van der Waals surface area contributed by atoms with Crippen LogP contribution in [0.5, 0.6) is 0 Å². The summed E-state index contributed by atoms with van der Waals surface area (Å²) in [7, 11) is 0. The van der Waals surface area contributed by atoms with E-state index < -0.39 is 0 Å². The third-order valence-electron chi connectivity index (χ3n) is 2.66. The molecule has 0 aliphatic heterocycles. The summed E-state index contributed by atoms with van der Waals surface area (Å²) in [6, 6.07) is 6.31. The van der Waals surface area contributed by atoms with E-state index in [1.165, 1.54) is 23.7 Å². The van der Waals surface area contributed by atoms with Gasteiger partial charge in [0.1, 0.15) is 11.6 Å². The van der Waals surface area contributed by atoms with Crippen LogP contribution in [-0.2, 0) is 13.0 Å². The van der Waals surface area contributed by atoms with E-state index in [4.69, 9.17) is 5.26 Å². The number of nitriles is 1. The van der Waals surface area contributed by atoms with Crippen molar-refractivity contribution in [3.63, 3.8) is 0 Å². The minimum Gasteiger partial charge on any atom is -0.356 e. The zero-order valence-corrected chi connectivity index (χ0v) is 12.2. The van der Waals surface area contributed by atoms with E-state index in [0.29, 0.717) is 22.2 Å². The van der Waals surface area contributed by atoms with Crippen molar-refractivity contribution in [3.8, 4) is 6.07 Å². The van der Waals surface area contributed by atoms with Crippen LogP contribution in [0, 0.1) is 23.1 Å². The van der Waals surface area contributed by atoms with Gasteiger partial charge in [-0.2, -0.15) is 9.64 Å². The van der Waals surface area contributed by atoms with Crippen molar-refractivity contribution < 1.29 is 4.39 Å². The van der Waals surface area contributed by atoms with Gasteiger partial charge >= 0.3 is 0 Å². The third kappa shape index (κ3) is 3.75. The predicted octanol–water partition coefficient (Wildman–Crippen LogP) is 3.36. The average Bonchev–Trinajstić information content (AvgIpc) is 2.84. The van der Waals surface area contributed by atoms with Crippen LogP contribution in [-0.4, -0.2) is 9.36 Å². The molecule has 1 aromatic heterocycles. The molecule has 0 aliphatic carbocycles.